The smallest absolute Gasteiger partial charge is 0.152 e. The summed E-state index contributed by atoms with van der Waals surface area (Å²) in [6.07, 6.45) is 7.48. The van der Waals surface area contributed by atoms with Crippen molar-refractivity contribution in [3.63, 3.8) is 0 Å². The van der Waals surface area contributed by atoms with Crippen LogP contribution in [0.3, 0.4) is 0 Å². The highest BCUT2D eigenvalue weighted by Gasteiger charge is 2.09. The van der Waals surface area contributed by atoms with Gasteiger partial charge in [0, 0.05) is 5.25 Å². The number of aromatic nitrogens is 3. The molecule has 0 saturated carbocycles. The van der Waals surface area contributed by atoms with Crippen LogP contribution in [0.25, 0.3) is 10.3 Å². The molecule has 5 heteroatoms. The summed E-state index contributed by atoms with van der Waals surface area (Å²) >= 11 is 3.44. The lowest BCUT2D eigenvalue weighted by molar-refractivity contribution is 0.833. The Kier molecular flexibility index (Phi) is 3.90. The van der Waals surface area contributed by atoms with Gasteiger partial charge in [0.1, 0.15) is 16.7 Å². The van der Waals surface area contributed by atoms with E-state index in [4.69, 9.17) is 0 Å². The molecule has 0 N–H and O–H groups in total. The molecule has 2 rings (SSSR count). The van der Waals surface area contributed by atoms with Gasteiger partial charge in [0.05, 0.1) is 6.20 Å². The molecular formula is C11H13N3S2. The van der Waals surface area contributed by atoms with Crippen molar-refractivity contribution in [3.05, 3.63) is 25.2 Å². The van der Waals surface area contributed by atoms with Gasteiger partial charge in [-0.05, 0) is 12.8 Å². The molecule has 0 spiro atoms. The van der Waals surface area contributed by atoms with Crippen LogP contribution < -0.4 is 0 Å². The molecule has 84 valence electrons. The van der Waals surface area contributed by atoms with E-state index < -0.39 is 0 Å². The minimum atomic E-state index is 0.562. The summed E-state index contributed by atoms with van der Waals surface area (Å²) in [5.41, 5.74) is 0.894. The van der Waals surface area contributed by atoms with Crippen LogP contribution in [0.5, 0.6) is 0 Å². The Bertz CT molecular complexity index is 448. The van der Waals surface area contributed by atoms with Gasteiger partial charge in [0.2, 0.25) is 0 Å². The molecule has 0 aliphatic rings. The molecule has 16 heavy (non-hydrogen) atoms. The fourth-order valence-corrected chi connectivity index (χ4v) is 3.59. The van der Waals surface area contributed by atoms with Gasteiger partial charge in [-0.3, -0.25) is 0 Å². The van der Waals surface area contributed by atoms with Crippen molar-refractivity contribution in [2.24, 2.45) is 0 Å². The summed E-state index contributed by atoms with van der Waals surface area (Å²) in [7, 11) is 0. The quantitative estimate of drug-likeness (QED) is 0.602. The third kappa shape index (κ3) is 2.80. The molecule has 1 unspecified atom stereocenters. The number of rotatable bonds is 5. The first-order valence-electron chi connectivity index (χ1n) is 5.13. The maximum Gasteiger partial charge on any atom is 0.152 e. The Balaban J connectivity index is 2.06. The first-order chi connectivity index (χ1) is 7.79. The Hall–Kier alpha value is -0.940. The Morgan fingerprint density at radius 2 is 2.50 bits per heavy atom. The van der Waals surface area contributed by atoms with Gasteiger partial charge < -0.3 is 0 Å². The number of thiazole rings is 1. The Morgan fingerprint density at radius 3 is 3.25 bits per heavy atom. The minimum Gasteiger partial charge on any atom is -0.242 e. The second kappa shape index (κ2) is 5.41. The van der Waals surface area contributed by atoms with Crippen LogP contribution in [0.4, 0.5) is 0 Å². The average molecular weight is 251 g/mol. The number of fused-ring (bicyclic) bond motifs is 1. The number of hydrogen-bond acceptors (Lipinski definition) is 5. The van der Waals surface area contributed by atoms with E-state index >= 15 is 0 Å². The highest BCUT2D eigenvalue weighted by atomic mass is 32.2. The van der Waals surface area contributed by atoms with Crippen molar-refractivity contribution < 1.29 is 0 Å². The first-order valence-corrected chi connectivity index (χ1v) is 6.83. The molecule has 0 amide bonds. The Morgan fingerprint density at radius 1 is 1.62 bits per heavy atom. The highest BCUT2D eigenvalue weighted by molar-refractivity contribution is 8.01. The van der Waals surface area contributed by atoms with Gasteiger partial charge in [-0.15, -0.1) is 6.58 Å². The summed E-state index contributed by atoms with van der Waals surface area (Å²) in [6, 6.07) is 0. The number of thioether (sulfide) groups is 1. The molecule has 0 fully saturated rings. The largest absolute Gasteiger partial charge is 0.242 e. The van der Waals surface area contributed by atoms with Crippen molar-refractivity contribution in [2.45, 2.75) is 29.4 Å². The molecule has 2 heterocycles. The van der Waals surface area contributed by atoms with Gasteiger partial charge >= 0.3 is 0 Å². The van der Waals surface area contributed by atoms with E-state index in [9.17, 15) is 0 Å². The monoisotopic (exact) mass is 251 g/mol. The number of allylic oxidation sites excluding steroid dienone is 1. The summed E-state index contributed by atoms with van der Waals surface area (Å²) < 4.78 is 1.08. The highest BCUT2D eigenvalue weighted by Crippen LogP contribution is 2.31. The predicted octanol–water partition coefficient (Wildman–Crippen LogP) is 3.53. The summed E-state index contributed by atoms with van der Waals surface area (Å²) in [5, 5.41) is 0.562. The standard InChI is InChI=1S/C11H13N3S2/c1-3-4-5-8(2)15-11-14-9-6-12-7-13-10(9)16-11/h3,6-8H,1,4-5H2,2H3. The van der Waals surface area contributed by atoms with Gasteiger partial charge in [-0.1, -0.05) is 36.1 Å². The van der Waals surface area contributed by atoms with Gasteiger partial charge in [-0.2, -0.15) is 0 Å². The lowest BCUT2D eigenvalue weighted by atomic mass is 10.2. The van der Waals surface area contributed by atoms with Crippen molar-refractivity contribution >= 4 is 33.4 Å². The molecule has 1 atom stereocenters. The third-order valence-electron chi connectivity index (χ3n) is 2.13. The third-order valence-corrected chi connectivity index (χ3v) is 4.38. The van der Waals surface area contributed by atoms with E-state index in [2.05, 4.69) is 28.5 Å². The van der Waals surface area contributed by atoms with Gasteiger partial charge in [0.15, 0.2) is 4.34 Å². The lowest BCUT2D eigenvalue weighted by Gasteiger charge is -2.05. The van der Waals surface area contributed by atoms with Gasteiger partial charge in [-0.25, -0.2) is 15.0 Å². The zero-order valence-corrected chi connectivity index (χ0v) is 10.7. The van der Waals surface area contributed by atoms with Crippen molar-refractivity contribution in [2.75, 3.05) is 0 Å². The summed E-state index contributed by atoms with van der Waals surface area (Å²) in [6.45, 7) is 5.95. The molecule has 0 aliphatic heterocycles. The second-order valence-electron chi connectivity index (χ2n) is 3.49. The van der Waals surface area contributed by atoms with E-state index in [0.717, 1.165) is 27.5 Å². The van der Waals surface area contributed by atoms with Crippen LogP contribution in [-0.2, 0) is 0 Å². The molecule has 0 aromatic carbocycles. The molecule has 0 bridgehead atoms. The van der Waals surface area contributed by atoms with Crippen molar-refractivity contribution in [1.29, 1.82) is 0 Å². The summed E-state index contributed by atoms with van der Waals surface area (Å²) in [4.78, 5) is 13.6. The molecule has 3 nitrogen and oxygen atoms in total. The second-order valence-corrected chi connectivity index (χ2v) is 6.15. The SMILES string of the molecule is C=CCCC(C)Sc1nc2cncnc2s1. The predicted molar refractivity (Wildman–Crippen MR) is 70.0 cm³/mol. The van der Waals surface area contributed by atoms with Crippen LogP contribution in [-0.4, -0.2) is 20.2 Å². The van der Waals surface area contributed by atoms with E-state index in [1.165, 1.54) is 0 Å². The zero-order chi connectivity index (χ0) is 11.4. The van der Waals surface area contributed by atoms with Crippen molar-refractivity contribution in [3.8, 4) is 0 Å². The zero-order valence-electron chi connectivity index (χ0n) is 9.09. The van der Waals surface area contributed by atoms with Gasteiger partial charge in [0.25, 0.3) is 0 Å². The first kappa shape index (κ1) is 11.5. The van der Waals surface area contributed by atoms with Crippen LogP contribution in [0, 0.1) is 0 Å². The van der Waals surface area contributed by atoms with Crippen LogP contribution in [0.15, 0.2) is 29.5 Å². The molecule has 0 aliphatic carbocycles. The van der Waals surface area contributed by atoms with E-state index in [1.54, 1.807) is 35.6 Å². The molecule has 2 aromatic heterocycles. The lowest BCUT2D eigenvalue weighted by Crippen LogP contribution is -1.93. The minimum absolute atomic E-state index is 0.562. The van der Waals surface area contributed by atoms with Crippen LogP contribution in [0.1, 0.15) is 19.8 Å². The molecule has 0 saturated heterocycles. The normalized spacial score (nSPS) is 12.8. The molecule has 0 radical (unpaired) electrons. The number of nitrogens with zero attached hydrogens (tertiary/aromatic N) is 3. The van der Waals surface area contributed by atoms with Crippen LogP contribution in [0.2, 0.25) is 0 Å². The molecular weight excluding hydrogens is 238 g/mol. The van der Waals surface area contributed by atoms with E-state index in [0.29, 0.717) is 5.25 Å². The average Bonchev–Trinajstić information content (AvgIpc) is 2.68. The maximum absolute atomic E-state index is 4.49. The topological polar surface area (TPSA) is 38.7 Å². The maximum atomic E-state index is 4.49. The Labute approximate surface area is 103 Å². The molecule has 2 aromatic rings. The fourth-order valence-electron chi connectivity index (χ4n) is 1.30. The van der Waals surface area contributed by atoms with Crippen LogP contribution >= 0.6 is 23.1 Å². The number of hydrogen-bond donors (Lipinski definition) is 0. The van der Waals surface area contributed by atoms with Crippen molar-refractivity contribution in [1.82, 2.24) is 15.0 Å². The fraction of sp³-hybridized carbons (Fsp3) is 0.364. The van der Waals surface area contributed by atoms with E-state index in [1.807, 2.05) is 6.08 Å². The summed E-state index contributed by atoms with van der Waals surface area (Å²) in [5.74, 6) is 0. The van der Waals surface area contributed by atoms with E-state index in [-0.39, 0.29) is 0 Å².